The van der Waals surface area contributed by atoms with Crippen LogP contribution in [0.3, 0.4) is 0 Å². The number of hydrogen-bond donors (Lipinski definition) is 1. The quantitative estimate of drug-likeness (QED) is 0.674. The van der Waals surface area contributed by atoms with E-state index in [2.05, 4.69) is 0 Å². The maximum Gasteiger partial charge on any atom is 0.123 e. The highest BCUT2D eigenvalue weighted by Gasteiger charge is 1.97. The zero-order valence-corrected chi connectivity index (χ0v) is 10.6. The minimum atomic E-state index is -0.273. The molecule has 0 saturated heterocycles. The smallest absolute Gasteiger partial charge is 0.123 e. The maximum atomic E-state index is 12.6. The Balaban J connectivity index is 2.00. The number of rotatable bonds is 9. The van der Waals surface area contributed by atoms with Crippen LogP contribution in [-0.4, -0.2) is 56.6 Å². The van der Waals surface area contributed by atoms with Gasteiger partial charge in [0, 0.05) is 13.1 Å². The first-order valence-corrected chi connectivity index (χ1v) is 5.98. The predicted octanol–water partition coefficient (Wildman–Crippen LogP) is 1.15. The number of hydrogen-bond acceptors (Lipinski definition) is 4. The van der Waals surface area contributed by atoms with E-state index >= 15 is 0 Å². The second kappa shape index (κ2) is 8.85. The Hall–Kier alpha value is -1.17. The summed E-state index contributed by atoms with van der Waals surface area (Å²) in [6.45, 7) is 3.11. The lowest BCUT2D eigenvalue weighted by atomic mass is 10.3. The monoisotopic (exact) mass is 257 g/mol. The number of likely N-dealkylation sites (N-methyl/N-ethyl adjacent to an activating group) is 1. The summed E-state index contributed by atoms with van der Waals surface area (Å²) in [5.41, 5.74) is 0. The average Bonchev–Trinajstić information content (AvgIpc) is 2.36. The number of aliphatic hydroxyl groups is 1. The molecule has 0 aliphatic carbocycles. The third-order valence-corrected chi connectivity index (χ3v) is 2.41. The van der Waals surface area contributed by atoms with Crippen molar-refractivity contribution in [3.8, 4) is 5.75 Å². The van der Waals surface area contributed by atoms with Gasteiger partial charge in [0.15, 0.2) is 0 Å². The first-order valence-electron chi connectivity index (χ1n) is 5.98. The molecule has 0 spiro atoms. The summed E-state index contributed by atoms with van der Waals surface area (Å²) in [5.74, 6) is 0.364. The zero-order valence-electron chi connectivity index (χ0n) is 10.6. The van der Waals surface area contributed by atoms with Crippen LogP contribution in [-0.2, 0) is 4.74 Å². The van der Waals surface area contributed by atoms with Crippen molar-refractivity contribution >= 4 is 0 Å². The van der Waals surface area contributed by atoms with Gasteiger partial charge < -0.3 is 19.5 Å². The molecule has 0 aromatic heterocycles. The molecule has 0 heterocycles. The van der Waals surface area contributed by atoms with E-state index in [0.29, 0.717) is 32.1 Å². The Morgan fingerprint density at radius 3 is 2.50 bits per heavy atom. The molecule has 4 nitrogen and oxygen atoms in total. The van der Waals surface area contributed by atoms with Crippen LogP contribution < -0.4 is 4.74 Å². The van der Waals surface area contributed by atoms with E-state index < -0.39 is 0 Å². The Morgan fingerprint density at radius 2 is 1.83 bits per heavy atom. The van der Waals surface area contributed by atoms with Gasteiger partial charge in [-0.1, -0.05) is 0 Å². The van der Waals surface area contributed by atoms with Crippen LogP contribution in [0.25, 0.3) is 0 Å². The standard InChI is InChI=1S/C13H20FNO3/c1-15(6-8-16)7-9-17-10-11-18-13-4-2-12(14)3-5-13/h2-5,16H,6-11H2,1H3. The van der Waals surface area contributed by atoms with Crippen LogP contribution in [0.1, 0.15) is 0 Å². The molecule has 0 amide bonds. The van der Waals surface area contributed by atoms with Crippen molar-refractivity contribution in [1.29, 1.82) is 0 Å². The van der Waals surface area contributed by atoms with Crippen molar-refractivity contribution in [3.05, 3.63) is 30.1 Å². The minimum Gasteiger partial charge on any atom is -0.491 e. The predicted molar refractivity (Wildman–Crippen MR) is 67.3 cm³/mol. The summed E-state index contributed by atoms with van der Waals surface area (Å²) in [4.78, 5) is 1.99. The van der Waals surface area contributed by atoms with E-state index in [1.165, 1.54) is 12.1 Å². The summed E-state index contributed by atoms with van der Waals surface area (Å²) < 4.78 is 23.4. The molecule has 0 bridgehead atoms. The number of aliphatic hydroxyl groups excluding tert-OH is 1. The van der Waals surface area contributed by atoms with Crippen molar-refractivity contribution in [1.82, 2.24) is 4.90 Å². The molecule has 0 saturated carbocycles. The van der Waals surface area contributed by atoms with E-state index in [-0.39, 0.29) is 12.4 Å². The largest absolute Gasteiger partial charge is 0.491 e. The van der Waals surface area contributed by atoms with Crippen molar-refractivity contribution in [2.24, 2.45) is 0 Å². The molecule has 0 atom stereocenters. The molecule has 18 heavy (non-hydrogen) atoms. The summed E-state index contributed by atoms with van der Waals surface area (Å²) in [6.07, 6.45) is 0. The van der Waals surface area contributed by atoms with Gasteiger partial charge >= 0.3 is 0 Å². The maximum absolute atomic E-state index is 12.6. The highest BCUT2D eigenvalue weighted by atomic mass is 19.1. The molecule has 0 unspecified atom stereocenters. The highest BCUT2D eigenvalue weighted by molar-refractivity contribution is 5.21. The molecule has 0 aliphatic heterocycles. The fourth-order valence-electron chi connectivity index (χ4n) is 1.35. The fraction of sp³-hybridized carbons (Fsp3) is 0.538. The van der Waals surface area contributed by atoms with E-state index in [1.807, 2.05) is 11.9 Å². The molecule has 0 aliphatic rings. The SMILES string of the molecule is CN(CCO)CCOCCOc1ccc(F)cc1. The average molecular weight is 257 g/mol. The lowest BCUT2D eigenvalue weighted by Gasteiger charge is -2.14. The van der Waals surface area contributed by atoms with Gasteiger partial charge in [0.2, 0.25) is 0 Å². The Labute approximate surface area is 107 Å². The van der Waals surface area contributed by atoms with E-state index in [9.17, 15) is 4.39 Å². The number of benzene rings is 1. The normalized spacial score (nSPS) is 10.9. The molecule has 1 rings (SSSR count). The van der Waals surface area contributed by atoms with Crippen LogP contribution in [0.15, 0.2) is 24.3 Å². The molecule has 0 radical (unpaired) electrons. The Bertz CT molecular complexity index is 319. The second-order valence-corrected chi connectivity index (χ2v) is 3.94. The van der Waals surface area contributed by atoms with Gasteiger partial charge in [-0.2, -0.15) is 0 Å². The van der Waals surface area contributed by atoms with Crippen LogP contribution in [0.2, 0.25) is 0 Å². The number of nitrogens with zero attached hydrogens (tertiary/aromatic N) is 1. The molecule has 0 fully saturated rings. The van der Waals surface area contributed by atoms with Gasteiger partial charge in [-0.05, 0) is 31.3 Å². The molecule has 102 valence electrons. The van der Waals surface area contributed by atoms with Gasteiger partial charge in [-0.15, -0.1) is 0 Å². The van der Waals surface area contributed by atoms with Crippen LogP contribution in [0.4, 0.5) is 4.39 Å². The fourth-order valence-corrected chi connectivity index (χ4v) is 1.35. The third kappa shape index (κ3) is 6.54. The number of halogens is 1. The van der Waals surface area contributed by atoms with Crippen molar-refractivity contribution in [2.75, 3.05) is 46.6 Å². The second-order valence-electron chi connectivity index (χ2n) is 3.94. The van der Waals surface area contributed by atoms with Gasteiger partial charge in [0.05, 0.1) is 19.8 Å². The number of ether oxygens (including phenoxy) is 2. The van der Waals surface area contributed by atoms with Crippen molar-refractivity contribution in [2.45, 2.75) is 0 Å². The van der Waals surface area contributed by atoms with Gasteiger partial charge in [0.25, 0.3) is 0 Å². The van der Waals surface area contributed by atoms with Crippen molar-refractivity contribution in [3.63, 3.8) is 0 Å². The van der Waals surface area contributed by atoms with Gasteiger partial charge in [-0.25, -0.2) is 4.39 Å². The zero-order chi connectivity index (χ0) is 13.2. The molecule has 1 N–H and O–H groups in total. The van der Waals surface area contributed by atoms with Crippen LogP contribution in [0, 0.1) is 5.82 Å². The molecule has 5 heteroatoms. The first kappa shape index (κ1) is 14.9. The summed E-state index contributed by atoms with van der Waals surface area (Å²) in [5, 5.41) is 8.69. The highest BCUT2D eigenvalue weighted by Crippen LogP contribution is 2.10. The Morgan fingerprint density at radius 1 is 1.11 bits per heavy atom. The topological polar surface area (TPSA) is 41.9 Å². The third-order valence-electron chi connectivity index (χ3n) is 2.41. The van der Waals surface area contributed by atoms with Gasteiger partial charge in [0.1, 0.15) is 18.2 Å². The Kier molecular flexibility index (Phi) is 7.32. The molecule has 1 aromatic carbocycles. The van der Waals surface area contributed by atoms with E-state index in [1.54, 1.807) is 12.1 Å². The lowest BCUT2D eigenvalue weighted by Crippen LogP contribution is -2.26. The first-order chi connectivity index (χ1) is 8.72. The van der Waals surface area contributed by atoms with Crippen molar-refractivity contribution < 1.29 is 19.0 Å². The molecular weight excluding hydrogens is 237 g/mol. The summed E-state index contributed by atoms with van der Waals surface area (Å²) in [6, 6.07) is 5.90. The summed E-state index contributed by atoms with van der Waals surface area (Å²) >= 11 is 0. The molecular formula is C13H20FNO3. The minimum absolute atomic E-state index is 0.157. The van der Waals surface area contributed by atoms with E-state index in [4.69, 9.17) is 14.6 Å². The van der Waals surface area contributed by atoms with Gasteiger partial charge in [-0.3, -0.25) is 0 Å². The van der Waals surface area contributed by atoms with E-state index in [0.717, 1.165) is 6.54 Å². The molecule has 1 aromatic rings. The lowest BCUT2D eigenvalue weighted by molar-refractivity contribution is 0.0812. The van der Waals surface area contributed by atoms with Crippen LogP contribution >= 0.6 is 0 Å². The summed E-state index contributed by atoms with van der Waals surface area (Å²) in [7, 11) is 1.93. The van der Waals surface area contributed by atoms with Crippen LogP contribution in [0.5, 0.6) is 5.75 Å².